The second-order valence-electron chi connectivity index (χ2n) is 6.96. The third-order valence-electron chi connectivity index (χ3n) is 3.26. The molecule has 0 aromatic heterocycles. The fraction of sp³-hybridized carbons (Fsp3) is 0.579. The van der Waals surface area contributed by atoms with Gasteiger partial charge in [-0.2, -0.15) is 0 Å². The maximum absolute atomic E-state index is 12.5. The Kier molecular flexibility index (Phi) is 8.83. The molecule has 0 atom stereocenters. The van der Waals surface area contributed by atoms with Crippen LogP contribution in [0.4, 0.5) is 4.79 Å². The molecule has 0 radical (unpaired) electrons. The fourth-order valence-electron chi connectivity index (χ4n) is 2.00. The standard InChI is InChI=1S/C19H30N2O3S/c1-6-7-8-13-21(25-16-11-9-15(2)10-12-16)17(22)14-20-18(23)24-19(3,4)5/h9-12H,6-8,13-14H2,1-5H3,(H,20,23). The van der Waals surface area contributed by atoms with Crippen molar-refractivity contribution in [1.29, 1.82) is 0 Å². The highest BCUT2D eigenvalue weighted by atomic mass is 32.2. The van der Waals surface area contributed by atoms with Crippen molar-refractivity contribution in [3.63, 3.8) is 0 Å². The lowest BCUT2D eigenvalue weighted by Crippen LogP contribution is -2.39. The normalized spacial score (nSPS) is 11.1. The fourth-order valence-corrected chi connectivity index (χ4v) is 2.90. The highest BCUT2D eigenvalue weighted by Crippen LogP contribution is 2.23. The first kappa shape index (κ1) is 21.4. The molecule has 0 spiro atoms. The minimum absolute atomic E-state index is 0.0695. The summed E-state index contributed by atoms with van der Waals surface area (Å²) in [5.74, 6) is -0.132. The van der Waals surface area contributed by atoms with Gasteiger partial charge in [-0.3, -0.25) is 9.10 Å². The quantitative estimate of drug-likeness (QED) is 0.542. The van der Waals surface area contributed by atoms with Gasteiger partial charge in [0.05, 0.1) is 0 Å². The Labute approximate surface area is 155 Å². The monoisotopic (exact) mass is 366 g/mol. The summed E-state index contributed by atoms with van der Waals surface area (Å²) in [6.07, 6.45) is 2.52. The van der Waals surface area contributed by atoms with Gasteiger partial charge in [-0.1, -0.05) is 37.5 Å². The van der Waals surface area contributed by atoms with E-state index in [4.69, 9.17) is 4.74 Å². The Bertz CT molecular complexity index is 553. The second-order valence-corrected chi connectivity index (χ2v) is 8.06. The number of aryl methyl sites for hydroxylation is 1. The first-order valence-electron chi connectivity index (χ1n) is 8.73. The number of carbonyl (C=O) groups is 2. The molecule has 1 N–H and O–H groups in total. The van der Waals surface area contributed by atoms with Crippen molar-refractivity contribution in [2.75, 3.05) is 13.1 Å². The van der Waals surface area contributed by atoms with Gasteiger partial charge in [0.1, 0.15) is 12.1 Å². The summed E-state index contributed by atoms with van der Waals surface area (Å²) in [6, 6.07) is 8.05. The number of hydrogen-bond donors (Lipinski definition) is 1. The van der Waals surface area contributed by atoms with E-state index in [1.54, 1.807) is 25.1 Å². The van der Waals surface area contributed by atoms with Crippen LogP contribution in [0.25, 0.3) is 0 Å². The summed E-state index contributed by atoms with van der Waals surface area (Å²) in [4.78, 5) is 25.3. The summed E-state index contributed by atoms with van der Waals surface area (Å²) in [7, 11) is 0. The number of benzene rings is 1. The van der Waals surface area contributed by atoms with Crippen LogP contribution in [0, 0.1) is 6.92 Å². The molecule has 0 saturated heterocycles. The molecular formula is C19H30N2O3S. The molecule has 5 nitrogen and oxygen atoms in total. The molecule has 6 heteroatoms. The number of unbranched alkanes of at least 4 members (excludes halogenated alkanes) is 2. The molecule has 0 heterocycles. The van der Waals surface area contributed by atoms with E-state index in [0.29, 0.717) is 6.54 Å². The van der Waals surface area contributed by atoms with E-state index >= 15 is 0 Å². The zero-order chi connectivity index (χ0) is 18.9. The second kappa shape index (κ2) is 10.3. The lowest BCUT2D eigenvalue weighted by molar-refractivity contribution is -0.125. The minimum atomic E-state index is -0.579. The van der Waals surface area contributed by atoms with Crippen molar-refractivity contribution in [3.05, 3.63) is 29.8 Å². The zero-order valence-corrected chi connectivity index (χ0v) is 16.7. The van der Waals surface area contributed by atoms with Crippen LogP contribution in [-0.4, -0.2) is 35.0 Å². The molecule has 1 aromatic carbocycles. The van der Waals surface area contributed by atoms with Gasteiger partial charge in [0.15, 0.2) is 0 Å². The van der Waals surface area contributed by atoms with Crippen molar-refractivity contribution >= 4 is 23.9 Å². The summed E-state index contributed by atoms with van der Waals surface area (Å²) >= 11 is 1.41. The Hall–Kier alpha value is -1.69. The predicted octanol–water partition coefficient (Wildman–Crippen LogP) is 4.55. The number of alkyl carbamates (subject to hydrolysis) is 1. The maximum Gasteiger partial charge on any atom is 0.408 e. The van der Waals surface area contributed by atoms with E-state index < -0.39 is 11.7 Å². The zero-order valence-electron chi connectivity index (χ0n) is 15.9. The number of nitrogens with one attached hydrogen (secondary N) is 1. The molecule has 0 aliphatic heterocycles. The largest absolute Gasteiger partial charge is 0.444 e. The summed E-state index contributed by atoms with van der Waals surface area (Å²) in [5, 5.41) is 2.54. The molecule has 1 aromatic rings. The van der Waals surface area contributed by atoms with Crippen LogP contribution >= 0.6 is 11.9 Å². The van der Waals surface area contributed by atoms with Gasteiger partial charge in [-0.15, -0.1) is 0 Å². The SMILES string of the molecule is CCCCCN(Sc1ccc(C)cc1)C(=O)CNC(=O)OC(C)(C)C. The Morgan fingerprint density at radius 1 is 1.16 bits per heavy atom. The van der Waals surface area contributed by atoms with Crippen molar-refractivity contribution in [2.45, 2.75) is 64.4 Å². The van der Waals surface area contributed by atoms with Crippen molar-refractivity contribution in [1.82, 2.24) is 9.62 Å². The summed E-state index contributed by atoms with van der Waals surface area (Å²) in [5.41, 5.74) is 0.602. The number of hydrogen-bond acceptors (Lipinski definition) is 4. The van der Waals surface area contributed by atoms with Gasteiger partial charge in [-0.25, -0.2) is 4.79 Å². The first-order valence-corrected chi connectivity index (χ1v) is 9.50. The number of rotatable bonds is 8. The molecule has 1 rings (SSSR count). The van der Waals surface area contributed by atoms with E-state index in [1.165, 1.54) is 17.5 Å². The maximum atomic E-state index is 12.5. The van der Waals surface area contributed by atoms with Crippen molar-refractivity contribution in [2.24, 2.45) is 0 Å². The number of amides is 2. The smallest absolute Gasteiger partial charge is 0.408 e. The molecule has 0 bridgehead atoms. The number of ether oxygens (including phenoxy) is 1. The van der Waals surface area contributed by atoms with Gasteiger partial charge in [-0.05, 0) is 58.2 Å². The molecule has 0 aliphatic carbocycles. The molecule has 2 amide bonds. The molecular weight excluding hydrogens is 336 g/mol. The molecule has 0 saturated carbocycles. The topological polar surface area (TPSA) is 58.6 Å². The highest BCUT2D eigenvalue weighted by molar-refractivity contribution is 7.97. The predicted molar refractivity (Wildman–Crippen MR) is 103 cm³/mol. The van der Waals surface area contributed by atoms with Crippen LogP contribution in [0.3, 0.4) is 0 Å². The van der Waals surface area contributed by atoms with E-state index in [-0.39, 0.29) is 12.5 Å². The Morgan fingerprint density at radius 2 is 1.80 bits per heavy atom. The van der Waals surface area contributed by atoms with Gasteiger partial charge < -0.3 is 10.1 Å². The van der Waals surface area contributed by atoms with Crippen molar-refractivity contribution in [3.8, 4) is 0 Å². The number of carbonyl (C=O) groups excluding carboxylic acids is 2. The highest BCUT2D eigenvalue weighted by Gasteiger charge is 2.19. The van der Waals surface area contributed by atoms with E-state index in [1.807, 2.05) is 31.2 Å². The third kappa shape index (κ3) is 9.39. The van der Waals surface area contributed by atoms with Crippen LogP contribution in [0.1, 0.15) is 52.5 Å². The Balaban J connectivity index is 2.62. The molecule has 140 valence electrons. The third-order valence-corrected chi connectivity index (χ3v) is 4.35. The van der Waals surface area contributed by atoms with Crippen LogP contribution in [0.5, 0.6) is 0 Å². The summed E-state index contributed by atoms with van der Waals surface area (Å²) < 4.78 is 6.89. The number of nitrogens with zero attached hydrogens (tertiary/aromatic N) is 1. The van der Waals surface area contributed by atoms with Crippen LogP contribution in [-0.2, 0) is 9.53 Å². The average molecular weight is 367 g/mol. The first-order chi connectivity index (χ1) is 11.7. The van der Waals surface area contributed by atoms with Crippen LogP contribution < -0.4 is 5.32 Å². The molecule has 25 heavy (non-hydrogen) atoms. The lowest BCUT2D eigenvalue weighted by atomic mass is 10.2. The molecule has 0 unspecified atom stereocenters. The van der Waals surface area contributed by atoms with Gasteiger partial charge >= 0.3 is 6.09 Å². The van der Waals surface area contributed by atoms with Gasteiger partial charge in [0, 0.05) is 11.4 Å². The minimum Gasteiger partial charge on any atom is -0.444 e. The average Bonchev–Trinajstić information content (AvgIpc) is 2.52. The summed E-state index contributed by atoms with van der Waals surface area (Å²) in [6.45, 7) is 10.1. The van der Waals surface area contributed by atoms with Crippen LogP contribution in [0.2, 0.25) is 0 Å². The Morgan fingerprint density at radius 3 is 2.36 bits per heavy atom. The van der Waals surface area contributed by atoms with Crippen molar-refractivity contribution < 1.29 is 14.3 Å². The molecule has 0 fully saturated rings. The van der Waals surface area contributed by atoms with Gasteiger partial charge in [0.2, 0.25) is 0 Å². The van der Waals surface area contributed by atoms with Crippen LogP contribution in [0.15, 0.2) is 29.2 Å². The van der Waals surface area contributed by atoms with E-state index in [0.717, 1.165) is 24.2 Å². The van der Waals surface area contributed by atoms with E-state index in [2.05, 4.69) is 12.2 Å². The molecule has 0 aliphatic rings. The lowest BCUT2D eigenvalue weighted by Gasteiger charge is -2.23. The van der Waals surface area contributed by atoms with Gasteiger partial charge in [0.25, 0.3) is 5.91 Å². The van der Waals surface area contributed by atoms with E-state index in [9.17, 15) is 9.59 Å².